The molecular weight excluding hydrogens is 270 g/mol. The van der Waals surface area contributed by atoms with Crippen LogP contribution in [0.1, 0.15) is 64.7 Å². The Balaban J connectivity index is 2.40. The molecule has 1 atom stereocenters. The van der Waals surface area contributed by atoms with E-state index in [0.717, 1.165) is 12.8 Å². The van der Waals surface area contributed by atoms with Gasteiger partial charge in [0.1, 0.15) is 0 Å². The lowest BCUT2D eigenvalue weighted by Crippen LogP contribution is -2.42. The fraction of sp³-hybridized carbons (Fsp3) is 0.438. The number of rotatable bonds is 5. The molecule has 1 heterocycles. The van der Waals surface area contributed by atoms with Gasteiger partial charge in [0, 0.05) is 6.04 Å². The molecule has 2 rings (SSSR count). The van der Waals surface area contributed by atoms with Gasteiger partial charge in [-0.1, -0.05) is 26.7 Å². The molecule has 0 saturated heterocycles. The van der Waals surface area contributed by atoms with Gasteiger partial charge in [0.2, 0.25) is 0 Å². The third-order valence-corrected chi connectivity index (χ3v) is 4.30. The van der Waals surface area contributed by atoms with Crippen molar-refractivity contribution in [3.05, 3.63) is 34.9 Å². The molecule has 2 amide bonds. The van der Waals surface area contributed by atoms with Crippen molar-refractivity contribution in [2.75, 3.05) is 0 Å². The predicted molar refractivity (Wildman–Crippen MR) is 77.4 cm³/mol. The van der Waals surface area contributed by atoms with Crippen LogP contribution in [0.2, 0.25) is 0 Å². The van der Waals surface area contributed by atoms with E-state index in [4.69, 9.17) is 5.11 Å². The summed E-state index contributed by atoms with van der Waals surface area (Å²) in [6, 6.07) is 3.88. The summed E-state index contributed by atoms with van der Waals surface area (Å²) < 4.78 is 0. The molecule has 1 aliphatic rings. The Bertz CT molecular complexity index is 604. The number of amides is 2. The first-order chi connectivity index (χ1) is 9.92. The van der Waals surface area contributed by atoms with Gasteiger partial charge in [0.25, 0.3) is 11.8 Å². The van der Waals surface area contributed by atoms with Crippen LogP contribution in [-0.2, 0) is 0 Å². The van der Waals surface area contributed by atoms with Gasteiger partial charge in [-0.05, 0) is 31.0 Å². The van der Waals surface area contributed by atoms with Gasteiger partial charge in [-0.3, -0.25) is 14.5 Å². The highest BCUT2D eigenvalue weighted by Gasteiger charge is 2.40. The first-order valence-electron chi connectivity index (χ1n) is 7.17. The smallest absolute Gasteiger partial charge is 0.335 e. The summed E-state index contributed by atoms with van der Waals surface area (Å²) in [5, 5.41) is 9.00. The Kier molecular flexibility index (Phi) is 4.11. The zero-order chi connectivity index (χ0) is 15.7. The maximum atomic E-state index is 12.5. The number of carboxylic acids is 1. The van der Waals surface area contributed by atoms with Crippen LogP contribution in [0.4, 0.5) is 0 Å². The van der Waals surface area contributed by atoms with E-state index >= 15 is 0 Å². The van der Waals surface area contributed by atoms with Crippen LogP contribution in [0.25, 0.3) is 0 Å². The monoisotopic (exact) mass is 289 g/mol. The highest BCUT2D eigenvalue weighted by molar-refractivity contribution is 6.22. The summed E-state index contributed by atoms with van der Waals surface area (Å²) in [4.78, 5) is 37.2. The van der Waals surface area contributed by atoms with E-state index in [1.165, 1.54) is 23.1 Å². The zero-order valence-electron chi connectivity index (χ0n) is 12.4. The van der Waals surface area contributed by atoms with Crippen molar-refractivity contribution in [1.82, 2.24) is 4.90 Å². The molecule has 1 aromatic rings. The van der Waals surface area contributed by atoms with Crippen LogP contribution < -0.4 is 0 Å². The van der Waals surface area contributed by atoms with Crippen molar-refractivity contribution in [3.63, 3.8) is 0 Å². The van der Waals surface area contributed by atoms with E-state index in [2.05, 4.69) is 0 Å². The van der Waals surface area contributed by atoms with Gasteiger partial charge in [-0.15, -0.1) is 0 Å². The van der Waals surface area contributed by atoms with Crippen molar-refractivity contribution < 1.29 is 19.5 Å². The highest BCUT2D eigenvalue weighted by atomic mass is 16.4. The number of aromatic carboxylic acids is 1. The van der Waals surface area contributed by atoms with Crippen LogP contribution >= 0.6 is 0 Å². The molecule has 1 aromatic carbocycles. The number of carbonyl (C=O) groups is 3. The number of hydrogen-bond donors (Lipinski definition) is 1. The summed E-state index contributed by atoms with van der Waals surface area (Å²) in [5.74, 6) is -1.58. The average molecular weight is 289 g/mol. The Morgan fingerprint density at radius 2 is 1.71 bits per heavy atom. The standard InChI is InChI=1S/C16H19NO4/c1-4-10(5-2)9(3)17-14(18)12-7-6-11(16(20)21)8-13(12)15(17)19/h6-10H,4-5H2,1-3H3,(H,20,21). The summed E-state index contributed by atoms with van der Waals surface area (Å²) in [6.45, 7) is 5.94. The first-order valence-corrected chi connectivity index (χ1v) is 7.17. The Morgan fingerprint density at radius 3 is 2.24 bits per heavy atom. The molecule has 5 nitrogen and oxygen atoms in total. The number of benzene rings is 1. The summed E-state index contributed by atoms with van der Waals surface area (Å²) in [5.41, 5.74) is 0.507. The lowest BCUT2D eigenvalue weighted by Gasteiger charge is -2.29. The van der Waals surface area contributed by atoms with Crippen LogP contribution in [0.5, 0.6) is 0 Å². The van der Waals surface area contributed by atoms with Gasteiger partial charge in [-0.25, -0.2) is 4.79 Å². The summed E-state index contributed by atoms with van der Waals surface area (Å²) in [6.07, 6.45) is 1.76. The van der Waals surface area contributed by atoms with Gasteiger partial charge in [-0.2, -0.15) is 0 Å². The van der Waals surface area contributed by atoms with Crippen molar-refractivity contribution in [2.24, 2.45) is 5.92 Å². The third-order valence-electron chi connectivity index (χ3n) is 4.30. The van der Waals surface area contributed by atoms with Gasteiger partial charge >= 0.3 is 5.97 Å². The van der Waals surface area contributed by atoms with Crippen molar-refractivity contribution in [2.45, 2.75) is 39.7 Å². The summed E-state index contributed by atoms with van der Waals surface area (Å²) >= 11 is 0. The molecule has 5 heteroatoms. The number of nitrogens with zero attached hydrogens (tertiary/aromatic N) is 1. The van der Waals surface area contributed by atoms with Gasteiger partial charge < -0.3 is 5.11 Å². The number of fused-ring (bicyclic) bond motifs is 1. The van der Waals surface area contributed by atoms with E-state index in [0.29, 0.717) is 5.56 Å². The molecule has 0 bridgehead atoms. The fourth-order valence-corrected chi connectivity index (χ4v) is 2.94. The lowest BCUT2D eigenvalue weighted by atomic mass is 9.94. The number of imide groups is 1. The van der Waals surface area contributed by atoms with Gasteiger partial charge in [0.15, 0.2) is 0 Å². The number of carbonyl (C=O) groups excluding carboxylic acids is 2. The second-order valence-electron chi connectivity index (χ2n) is 5.36. The second-order valence-corrected chi connectivity index (χ2v) is 5.36. The quantitative estimate of drug-likeness (QED) is 0.846. The van der Waals surface area contributed by atoms with Crippen LogP contribution in [0.15, 0.2) is 18.2 Å². The predicted octanol–water partition coefficient (Wildman–Crippen LogP) is 2.81. The second kappa shape index (κ2) is 5.68. The van der Waals surface area contributed by atoms with E-state index in [9.17, 15) is 14.4 Å². The molecule has 0 aromatic heterocycles. The number of carboxylic acid groups (broad SMARTS) is 1. The van der Waals surface area contributed by atoms with E-state index < -0.39 is 11.9 Å². The third kappa shape index (κ3) is 2.44. The zero-order valence-corrected chi connectivity index (χ0v) is 12.4. The Morgan fingerprint density at radius 1 is 1.14 bits per heavy atom. The molecule has 0 spiro atoms. The molecular formula is C16H19NO4. The molecule has 1 aliphatic heterocycles. The minimum absolute atomic E-state index is 0.0203. The van der Waals surface area contributed by atoms with Crippen LogP contribution in [0, 0.1) is 5.92 Å². The SMILES string of the molecule is CCC(CC)C(C)N1C(=O)c2ccc(C(=O)O)cc2C1=O. The van der Waals surface area contributed by atoms with Crippen molar-refractivity contribution >= 4 is 17.8 Å². The normalized spacial score (nSPS) is 15.5. The Labute approximate surface area is 123 Å². The highest BCUT2D eigenvalue weighted by Crippen LogP contribution is 2.29. The topological polar surface area (TPSA) is 74.7 Å². The maximum Gasteiger partial charge on any atom is 0.335 e. The molecule has 112 valence electrons. The molecule has 0 aliphatic carbocycles. The Hall–Kier alpha value is -2.17. The van der Waals surface area contributed by atoms with E-state index in [-0.39, 0.29) is 29.0 Å². The maximum absolute atomic E-state index is 12.5. The molecule has 0 saturated carbocycles. The largest absolute Gasteiger partial charge is 0.478 e. The fourth-order valence-electron chi connectivity index (χ4n) is 2.94. The molecule has 0 fully saturated rings. The minimum atomic E-state index is -1.11. The molecule has 0 radical (unpaired) electrons. The van der Waals surface area contributed by atoms with Crippen molar-refractivity contribution in [3.8, 4) is 0 Å². The van der Waals surface area contributed by atoms with Crippen LogP contribution in [0.3, 0.4) is 0 Å². The van der Waals surface area contributed by atoms with Gasteiger partial charge in [0.05, 0.1) is 16.7 Å². The first kappa shape index (κ1) is 15.2. The van der Waals surface area contributed by atoms with Crippen molar-refractivity contribution in [1.29, 1.82) is 0 Å². The number of hydrogen-bond acceptors (Lipinski definition) is 3. The average Bonchev–Trinajstić information content (AvgIpc) is 2.71. The molecule has 1 N–H and O–H groups in total. The summed E-state index contributed by atoms with van der Waals surface area (Å²) in [7, 11) is 0. The molecule has 21 heavy (non-hydrogen) atoms. The van der Waals surface area contributed by atoms with Crippen LogP contribution in [-0.4, -0.2) is 33.8 Å². The lowest BCUT2D eigenvalue weighted by molar-refractivity contribution is 0.0539. The van der Waals surface area contributed by atoms with E-state index in [1.807, 2.05) is 20.8 Å². The minimum Gasteiger partial charge on any atom is -0.478 e. The molecule has 1 unspecified atom stereocenters. The van der Waals surface area contributed by atoms with E-state index in [1.54, 1.807) is 0 Å².